The van der Waals surface area contributed by atoms with Gasteiger partial charge < -0.3 is 5.73 Å². The lowest BCUT2D eigenvalue weighted by molar-refractivity contribution is 0.120. The molecule has 20 heavy (non-hydrogen) atoms. The largest absolute Gasteiger partial charge is 0.326 e. The lowest BCUT2D eigenvalue weighted by Crippen LogP contribution is -2.44. The Hall–Kier alpha value is -0.860. The van der Waals surface area contributed by atoms with Gasteiger partial charge in [-0.3, -0.25) is 4.90 Å². The molecule has 1 saturated carbocycles. The molecule has 1 heterocycles. The first-order chi connectivity index (χ1) is 9.77. The fraction of sp³-hybridized carbons (Fsp3) is 0.667. The summed E-state index contributed by atoms with van der Waals surface area (Å²) < 4.78 is 0. The molecule has 2 nitrogen and oxygen atoms in total. The second-order valence-corrected chi connectivity index (χ2v) is 6.71. The molecule has 0 bridgehead atoms. The van der Waals surface area contributed by atoms with E-state index in [4.69, 9.17) is 5.73 Å². The van der Waals surface area contributed by atoms with Crippen LogP contribution in [0.2, 0.25) is 0 Å². The summed E-state index contributed by atoms with van der Waals surface area (Å²) in [6.45, 7) is 3.39. The van der Waals surface area contributed by atoms with Crippen molar-refractivity contribution >= 4 is 0 Å². The van der Waals surface area contributed by atoms with Gasteiger partial charge in [0.2, 0.25) is 0 Å². The van der Waals surface area contributed by atoms with E-state index in [0.717, 1.165) is 12.0 Å². The van der Waals surface area contributed by atoms with E-state index in [1.807, 2.05) is 0 Å². The first-order valence-electron chi connectivity index (χ1n) is 8.33. The van der Waals surface area contributed by atoms with Gasteiger partial charge in [-0.25, -0.2) is 0 Å². The third-order valence-electron chi connectivity index (χ3n) is 5.28. The van der Waals surface area contributed by atoms with Crippen LogP contribution in [0.25, 0.3) is 0 Å². The van der Waals surface area contributed by atoms with Crippen molar-refractivity contribution in [2.75, 3.05) is 6.54 Å². The molecule has 0 amide bonds. The molecule has 3 atom stereocenters. The number of benzene rings is 1. The van der Waals surface area contributed by atoms with E-state index in [0.29, 0.717) is 6.04 Å². The van der Waals surface area contributed by atoms with Gasteiger partial charge in [-0.05, 0) is 50.6 Å². The summed E-state index contributed by atoms with van der Waals surface area (Å²) in [6.07, 6.45) is 8.45. The number of hydrogen-bond donors (Lipinski definition) is 1. The van der Waals surface area contributed by atoms with E-state index >= 15 is 0 Å². The summed E-state index contributed by atoms with van der Waals surface area (Å²) in [4.78, 5) is 2.73. The molecule has 0 radical (unpaired) electrons. The maximum atomic E-state index is 6.37. The van der Waals surface area contributed by atoms with E-state index in [-0.39, 0.29) is 6.04 Å². The van der Waals surface area contributed by atoms with Gasteiger partial charge in [0.05, 0.1) is 0 Å². The van der Waals surface area contributed by atoms with Crippen LogP contribution in [0.3, 0.4) is 0 Å². The zero-order valence-electron chi connectivity index (χ0n) is 12.7. The van der Waals surface area contributed by atoms with Crippen LogP contribution in [0.1, 0.15) is 57.1 Å². The van der Waals surface area contributed by atoms with E-state index < -0.39 is 0 Å². The summed E-state index contributed by atoms with van der Waals surface area (Å²) in [5.74, 6) is 0.919. The van der Waals surface area contributed by atoms with Crippen LogP contribution >= 0.6 is 0 Å². The molecule has 1 aliphatic heterocycles. The Balaban J connectivity index is 1.83. The fourth-order valence-electron chi connectivity index (χ4n) is 4.46. The zero-order chi connectivity index (χ0) is 13.9. The van der Waals surface area contributed by atoms with Crippen LogP contribution in [0, 0.1) is 5.92 Å². The third-order valence-corrected chi connectivity index (χ3v) is 5.28. The smallest absolute Gasteiger partial charge is 0.0499 e. The van der Waals surface area contributed by atoms with Gasteiger partial charge in [0.15, 0.2) is 0 Å². The minimum Gasteiger partial charge on any atom is -0.326 e. The normalized spacial score (nSPS) is 27.8. The Kier molecular flexibility index (Phi) is 4.42. The average molecular weight is 272 g/mol. The predicted octanol–water partition coefficient (Wildman–Crippen LogP) is 3.73. The van der Waals surface area contributed by atoms with Crippen LogP contribution < -0.4 is 5.73 Å². The lowest BCUT2D eigenvalue weighted by Gasteiger charge is -2.38. The second kappa shape index (κ2) is 6.28. The summed E-state index contributed by atoms with van der Waals surface area (Å²) in [5.41, 5.74) is 7.76. The number of likely N-dealkylation sites (tertiary alicyclic amines) is 1. The van der Waals surface area contributed by atoms with Gasteiger partial charge in [0.1, 0.15) is 0 Å². The van der Waals surface area contributed by atoms with Gasteiger partial charge in [-0.2, -0.15) is 0 Å². The second-order valence-electron chi connectivity index (χ2n) is 6.71. The van der Waals surface area contributed by atoms with Crippen molar-refractivity contribution in [2.24, 2.45) is 11.7 Å². The van der Waals surface area contributed by atoms with Crippen molar-refractivity contribution in [1.82, 2.24) is 4.90 Å². The molecule has 110 valence electrons. The maximum Gasteiger partial charge on any atom is 0.0499 e. The molecule has 1 saturated heterocycles. The first-order valence-corrected chi connectivity index (χ1v) is 8.33. The van der Waals surface area contributed by atoms with Crippen molar-refractivity contribution in [3.8, 4) is 0 Å². The van der Waals surface area contributed by atoms with Crippen LogP contribution in [0.5, 0.6) is 0 Å². The molecule has 1 aromatic rings. The van der Waals surface area contributed by atoms with Crippen molar-refractivity contribution in [2.45, 2.75) is 63.6 Å². The van der Waals surface area contributed by atoms with Gasteiger partial charge in [-0.1, -0.05) is 43.2 Å². The molecule has 0 spiro atoms. The Labute approximate surface area is 123 Å². The fourth-order valence-corrected chi connectivity index (χ4v) is 4.46. The molecular formula is C18H28N2. The van der Waals surface area contributed by atoms with E-state index in [1.54, 1.807) is 0 Å². The molecule has 0 aromatic heterocycles. The number of nitrogens with two attached hydrogens (primary N) is 1. The molecule has 2 N–H and O–H groups in total. The summed E-state index contributed by atoms with van der Waals surface area (Å²) in [6, 6.07) is 12.2. The Morgan fingerprint density at radius 3 is 2.40 bits per heavy atom. The number of hydrogen-bond acceptors (Lipinski definition) is 2. The standard InChI is InChI=1S/C18H28N2/c1-14(19)18(16-10-3-2-4-11-16)20-13-7-12-17(20)15-8-5-6-9-15/h2-4,10-11,14-15,17-18H,5-9,12-13,19H2,1H3. The quantitative estimate of drug-likeness (QED) is 0.905. The molecule has 3 rings (SSSR count). The topological polar surface area (TPSA) is 29.3 Å². The van der Waals surface area contributed by atoms with Crippen LogP contribution in [0.4, 0.5) is 0 Å². The Morgan fingerprint density at radius 1 is 1.05 bits per heavy atom. The molecule has 2 aliphatic rings. The zero-order valence-corrected chi connectivity index (χ0v) is 12.7. The predicted molar refractivity (Wildman–Crippen MR) is 84.5 cm³/mol. The van der Waals surface area contributed by atoms with E-state index in [9.17, 15) is 0 Å². The minimum absolute atomic E-state index is 0.194. The monoisotopic (exact) mass is 272 g/mol. The van der Waals surface area contributed by atoms with Gasteiger partial charge >= 0.3 is 0 Å². The van der Waals surface area contributed by atoms with Crippen molar-refractivity contribution < 1.29 is 0 Å². The van der Waals surface area contributed by atoms with Gasteiger partial charge in [0, 0.05) is 18.1 Å². The first kappa shape index (κ1) is 14.1. The van der Waals surface area contributed by atoms with Gasteiger partial charge in [0.25, 0.3) is 0 Å². The van der Waals surface area contributed by atoms with Crippen molar-refractivity contribution in [1.29, 1.82) is 0 Å². The minimum atomic E-state index is 0.194. The van der Waals surface area contributed by atoms with Crippen LogP contribution in [-0.2, 0) is 0 Å². The van der Waals surface area contributed by atoms with E-state index in [2.05, 4.69) is 42.2 Å². The SMILES string of the molecule is CC(N)C(c1ccccc1)N1CCCC1C1CCCC1. The molecular weight excluding hydrogens is 244 g/mol. The highest BCUT2D eigenvalue weighted by molar-refractivity contribution is 5.21. The highest BCUT2D eigenvalue weighted by Gasteiger charge is 2.38. The van der Waals surface area contributed by atoms with Crippen LogP contribution in [0.15, 0.2) is 30.3 Å². The molecule has 2 heteroatoms. The Morgan fingerprint density at radius 2 is 1.75 bits per heavy atom. The molecule has 2 fully saturated rings. The average Bonchev–Trinajstić information content (AvgIpc) is 3.09. The lowest BCUT2D eigenvalue weighted by atomic mass is 9.92. The summed E-state index contributed by atoms with van der Waals surface area (Å²) in [7, 11) is 0. The highest BCUT2D eigenvalue weighted by atomic mass is 15.2. The molecule has 1 aromatic carbocycles. The highest BCUT2D eigenvalue weighted by Crippen LogP contribution is 2.40. The molecule has 1 aliphatic carbocycles. The summed E-state index contributed by atoms with van der Waals surface area (Å²) >= 11 is 0. The van der Waals surface area contributed by atoms with Crippen LogP contribution in [-0.4, -0.2) is 23.5 Å². The number of rotatable bonds is 4. The molecule has 3 unspecified atom stereocenters. The summed E-state index contributed by atoms with van der Waals surface area (Å²) in [5, 5.41) is 0. The third kappa shape index (κ3) is 2.77. The maximum absolute atomic E-state index is 6.37. The van der Waals surface area contributed by atoms with E-state index in [1.165, 1.54) is 50.6 Å². The number of nitrogens with zero attached hydrogens (tertiary/aromatic N) is 1. The Bertz CT molecular complexity index is 409. The van der Waals surface area contributed by atoms with Gasteiger partial charge in [-0.15, -0.1) is 0 Å². The van der Waals surface area contributed by atoms with Crippen molar-refractivity contribution in [3.05, 3.63) is 35.9 Å². The van der Waals surface area contributed by atoms with Crippen molar-refractivity contribution in [3.63, 3.8) is 0 Å².